The van der Waals surface area contributed by atoms with Gasteiger partial charge in [0.15, 0.2) is 18.4 Å². The number of anilines is 1. The van der Waals surface area contributed by atoms with Gasteiger partial charge >= 0.3 is 6.09 Å². The third-order valence-corrected chi connectivity index (χ3v) is 18.7. The van der Waals surface area contributed by atoms with Gasteiger partial charge in [0, 0.05) is 37.2 Å². The largest absolute Gasteiger partial charge is 0.468 e. The molecule has 1 amide bonds. The Hall–Kier alpha value is -4.47. The number of hydrogen-bond acceptors (Lipinski definition) is 7. The molecule has 8 rings (SSSR count). The van der Waals surface area contributed by atoms with Crippen molar-refractivity contribution in [2.45, 2.75) is 135 Å². The summed E-state index contributed by atoms with van der Waals surface area (Å²) in [5, 5.41) is 6.91. The average Bonchev–Trinajstić information content (AvgIpc) is 3.93. The van der Waals surface area contributed by atoms with Crippen molar-refractivity contribution in [3.05, 3.63) is 53.7 Å². The van der Waals surface area contributed by atoms with Crippen LogP contribution in [0.4, 0.5) is 19.4 Å². The Bertz CT molecular complexity index is 2310. The van der Waals surface area contributed by atoms with Gasteiger partial charge < -0.3 is 24.0 Å². The number of carbonyl (C=O) groups is 1. The summed E-state index contributed by atoms with van der Waals surface area (Å²) in [6.07, 6.45) is 3.13. The highest BCUT2D eigenvalue weighted by atomic mass is 28.3. The molecular weight excluding hydrogens is 753 g/mol. The van der Waals surface area contributed by atoms with Crippen molar-refractivity contribution in [1.29, 1.82) is 0 Å². The fourth-order valence-corrected chi connectivity index (χ4v) is 14.8. The van der Waals surface area contributed by atoms with Crippen LogP contribution in [-0.4, -0.2) is 78.5 Å². The zero-order valence-electron chi connectivity index (χ0n) is 36.1. The van der Waals surface area contributed by atoms with Crippen LogP contribution in [0.15, 0.2) is 30.8 Å². The van der Waals surface area contributed by atoms with E-state index < -0.39 is 25.3 Å². The van der Waals surface area contributed by atoms with Crippen molar-refractivity contribution in [3.8, 4) is 28.5 Å². The summed E-state index contributed by atoms with van der Waals surface area (Å²) < 4.78 is 53.1. The molecule has 0 spiro atoms. The number of ether oxygens (including phenoxy) is 3. The minimum atomic E-state index is -2.29. The number of methoxy groups -OCH3 is 1. The molecule has 5 heterocycles. The van der Waals surface area contributed by atoms with E-state index in [1.165, 1.54) is 13.2 Å². The van der Waals surface area contributed by atoms with E-state index in [2.05, 4.69) is 64.5 Å². The third kappa shape index (κ3) is 7.38. The minimum absolute atomic E-state index is 0.0207. The van der Waals surface area contributed by atoms with Crippen molar-refractivity contribution in [2.75, 3.05) is 31.9 Å². The van der Waals surface area contributed by atoms with E-state index in [0.29, 0.717) is 79.8 Å². The molecule has 2 atom stereocenters. The lowest BCUT2D eigenvalue weighted by Gasteiger charge is -2.51. The number of pyridine rings is 1. The number of nitrogens with zero attached hydrogens (tertiary/aromatic N) is 5. The smallest absolute Gasteiger partial charge is 0.410 e. The number of fused-ring (bicyclic) bond motifs is 5. The third-order valence-electron chi connectivity index (χ3n) is 12.4. The first-order chi connectivity index (χ1) is 27.4. The number of amides is 1. The van der Waals surface area contributed by atoms with Crippen molar-refractivity contribution in [2.24, 2.45) is 0 Å². The Morgan fingerprint density at radius 3 is 2.19 bits per heavy atom. The monoisotopic (exact) mass is 811 g/mol. The van der Waals surface area contributed by atoms with E-state index in [4.69, 9.17) is 24.3 Å². The predicted molar refractivity (Wildman–Crippen MR) is 231 cm³/mol. The molecule has 1 aliphatic carbocycles. The van der Waals surface area contributed by atoms with Gasteiger partial charge in [-0.15, -0.1) is 5.54 Å². The summed E-state index contributed by atoms with van der Waals surface area (Å²) in [5.41, 5.74) is 6.25. The molecule has 1 saturated carbocycles. The number of piperazine rings is 1. The maximum atomic E-state index is 17.9. The maximum absolute atomic E-state index is 17.9. The zero-order chi connectivity index (χ0) is 42.0. The number of rotatable bonds is 10. The number of halogens is 2. The Kier molecular flexibility index (Phi) is 11.2. The SMILES string of the molecule is C=C(C)c1nc(-c2cc(OCOC)cc3ccc(F)c(C#C[Si](C(C)C)(C(C)C)C(C)C)c23)c(F)c2c1c(N1C[C@H]3CC[C@H]1CN3C(=O)OC(C)(C)C)nn2C1CC1. The van der Waals surface area contributed by atoms with E-state index in [-0.39, 0.29) is 42.3 Å². The van der Waals surface area contributed by atoms with Gasteiger partial charge in [0.05, 0.1) is 28.7 Å². The fourth-order valence-electron chi connectivity index (χ4n) is 9.62. The van der Waals surface area contributed by atoms with E-state index in [0.717, 1.165) is 25.7 Å². The molecule has 0 radical (unpaired) electrons. The summed E-state index contributed by atoms with van der Waals surface area (Å²) >= 11 is 0. The lowest BCUT2D eigenvalue weighted by Crippen LogP contribution is -2.64. The highest BCUT2D eigenvalue weighted by Crippen LogP contribution is 2.47. The lowest BCUT2D eigenvalue weighted by atomic mass is 9.90. The van der Waals surface area contributed by atoms with E-state index >= 15 is 8.78 Å². The van der Waals surface area contributed by atoms with Crippen molar-refractivity contribution < 1.29 is 27.8 Å². The summed E-state index contributed by atoms with van der Waals surface area (Å²) in [6.45, 7) is 26.2. The zero-order valence-corrected chi connectivity index (χ0v) is 37.1. The van der Waals surface area contributed by atoms with Crippen LogP contribution >= 0.6 is 0 Å². The molecule has 12 heteroatoms. The Balaban J connectivity index is 1.46. The summed E-state index contributed by atoms with van der Waals surface area (Å²) in [5.74, 6) is 3.43. The molecule has 3 aliphatic heterocycles. The molecule has 3 saturated heterocycles. The number of piperidine rings is 2. The van der Waals surface area contributed by atoms with E-state index in [1.54, 1.807) is 12.1 Å². The average molecular weight is 812 g/mol. The second-order valence-corrected chi connectivity index (χ2v) is 24.1. The first-order valence-corrected chi connectivity index (χ1v) is 23.1. The van der Waals surface area contributed by atoms with E-state index in [1.807, 2.05) is 43.3 Å². The van der Waals surface area contributed by atoms with Crippen LogP contribution in [0, 0.1) is 23.1 Å². The Morgan fingerprint density at radius 1 is 0.966 bits per heavy atom. The molecule has 310 valence electrons. The van der Waals surface area contributed by atoms with Crippen LogP contribution in [0.25, 0.3) is 38.5 Å². The molecule has 0 unspecified atom stereocenters. The van der Waals surface area contributed by atoms with E-state index in [9.17, 15) is 4.79 Å². The highest BCUT2D eigenvalue weighted by Gasteiger charge is 2.45. The first kappa shape index (κ1) is 41.7. The van der Waals surface area contributed by atoms with Crippen molar-refractivity contribution >= 4 is 47.2 Å². The van der Waals surface area contributed by atoms with Gasteiger partial charge in [0.25, 0.3) is 0 Å². The standard InChI is InChI=1S/C46H59F2N5O4Si/c1-26(2)41-39-43(53(31-14-15-31)50-44(39)51-23-33-17-16-32(51)24-52(33)45(54)57-46(9,10)11)40(48)42(49-41)36-22-34(56-25-55-12)21-30-13-18-37(47)35(38(30)36)19-20-58(27(3)4,28(5)6)29(7)8/h13,18,21-22,27-29,31-33H,1,14-17,23-25H2,2-12H3/t32-,33+/m0/s1. The molecule has 2 aromatic carbocycles. The Morgan fingerprint density at radius 2 is 1.62 bits per heavy atom. The van der Waals surface area contributed by atoms with Crippen LogP contribution in [-0.2, 0) is 9.47 Å². The van der Waals surface area contributed by atoms with Crippen LogP contribution in [0.3, 0.4) is 0 Å². The van der Waals surface area contributed by atoms with Crippen LogP contribution in [0.1, 0.15) is 112 Å². The molecule has 58 heavy (non-hydrogen) atoms. The summed E-state index contributed by atoms with van der Waals surface area (Å²) in [7, 11) is -0.751. The van der Waals surface area contributed by atoms with Gasteiger partial charge in [-0.1, -0.05) is 60.1 Å². The normalized spacial score (nSPS) is 18.5. The number of benzene rings is 2. The van der Waals surface area contributed by atoms with Gasteiger partial charge in [-0.05, 0) is 99.2 Å². The Labute approximate surface area is 343 Å². The minimum Gasteiger partial charge on any atom is -0.468 e. The van der Waals surface area contributed by atoms with Crippen LogP contribution in [0.2, 0.25) is 16.6 Å². The topological polar surface area (TPSA) is 82.0 Å². The number of aromatic nitrogens is 3. The molecule has 2 bridgehead atoms. The van der Waals surface area contributed by atoms with Gasteiger partial charge in [-0.25, -0.2) is 18.6 Å². The highest BCUT2D eigenvalue weighted by molar-refractivity contribution is 6.90. The van der Waals surface area contributed by atoms with Crippen LogP contribution < -0.4 is 9.64 Å². The first-order valence-electron chi connectivity index (χ1n) is 20.8. The van der Waals surface area contributed by atoms with Gasteiger partial charge in [-0.2, -0.15) is 5.10 Å². The maximum Gasteiger partial charge on any atom is 0.410 e. The molecule has 9 nitrogen and oxygen atoms in total. The number of hydrogen-bond donors (Lipinski definition) is 0. The second kappa shape index (κ2) is 15.6. The number of carbonyl (C=O) groups excluding carboxylic acids is 1. The van der Waals surface area contributed by atoms with Gasteiger partial charge in [0.2, 0.25) is 0 Å². The second-order valence-electron chi connectivity index (χ2n) is 18.5. The van der Waals surface area contributed by atoms with Gasteiger partial charge in [0.1, 0.15) is 36.5 Å². The quantitative estimate of drug-likeness (QED) is 0.0896. The molecule has 2 aromatic heterocycles. The van der Waals surface area contributed by atoms with Crippen molar-refractivity contribution in [3.63, 3.8) is 0 Å². The number of allylic oxidation sites excluding steroid dienone is 1. The summed E-state index contributed by atoms with van der Waals surface area (Å²) in [4.78, 5) is 22.5. The lowest BCUT2D eigenvalue weighted by molar-refractivity contribution is 0.000797. The molecule has 4 fully saturated rings. The molecule has 0 N–H and O–H groups in total. The predicted octanol–water partition coefficient (Wildman–Crippen LogP) is 11.0. The molecule has 4 aromatic rings. The van der Waals surface area contributed by atoms with Gasteiger partial charge in [-0.3, -0.25) is 4.68 Å². The fraction of sp³-hybridized carbons (Fsp3) is 0.543. The molecule has 4 aliphatic rings. The van der Waals surface area contributed by atoms with Crippen molar-refractivity contribution in [1.82, 2.24) is 19.7 Å². The molecular formula is C46H59F2N5O4Si. The summed E-state index contributed by atoms with van der Waals surface area (Å²) in [6, 6.07) is 6.55. The van der Waals surface area contributed by atoms with Crippen LogP contribution in [0.5, 0.6) is 5.75 Å².